The Labute approximate surface area is 130 Å². The van der Waals surface area contributed by atoms with E-state index in [9.17, 15) is 5.11 Å². The summed E-state index contributed by atoms with van der Waals surface area (Å²) in [4.78, 5) is 0. The minimum Gasteiger partial charge on any atom is -0.389 e. The van der Waals surface area contributed by atoms with Crippen molar-refractivity contribution >= 4 is 12.4 Å². The van der Waals surface area contributed by atoms with Crippen LogP contribution in [0.2, 0.25) is 0 Å². The van der Waals surface area contributed by atoms with Gasteiger partial charge in [0.1, 0.15) is 0 Å². The molecule has 2 aliphatic rings. The number of hydrogen-bond acceptors (Lipinski definition) is 3. The molecule has 3 nitrogen and oxygen atoms in total. The molecule has 0 heterocycles. The van der Waals surface area contributed by atoms with E-state index in [4.69, 9.17) is 4.74 Å². The molecular formula is C16H32ClNO2. The van der Waals surface area contributed by atoms with Gasteiger partial charge < -0.3 is 15.2 Å². The molecule has 20 heavy (non-hydrogen) atoms. The van der Waals surface area contributed by atoms with Gasteiger partial charge in [0.2, 0.25) is 0 Å². The molecule has 0 spiro atoms. The van der Waals surface area contributed by atoms with Crippen molar-refractivity contribution in [2.75, 3.05) is 13.2 Å². The maximum absolute atomic E-state index is 10.00. The lowest BCUT2D eigenvalue weighted by Crippen LogP contribution is -2.44. The van der Waals surface area contributed by atoms with Gasteiger partial charge in [-0.3, -0.25) is 0 Å². The summed E-state index contributed by atoms with van der Waals surface area (Å²) in [5.41, 5.74) is 0.595. The first-order valence-electron chi connectivity index (χ1n) is 7.79. The van der Waals surface area contributed by atoms with E-state index in [1.54, 1.807) is 0 Å². The zero-order valence-corrected chi connectivity index (χ0v) is 14.4. The van der Waals surface area contributed by atoms with Crippen molar-refractivity contribution in [2.24, 2.45) is 16.7 Å². The smallest absolute Gasteiger partial charge is 0.0897 e. The van der Waals surface area contributed by atoms with Gasteiger partial charge in [0, 0.05) is 12.6 Å². The molecule has 2 N–H and O–H groups in total. The first kappa shape index (κ1) is 18.2. The predicted octanol–water partition coefficient (Wildman–Crippen LogP) is 3.00. The highest BCUT2D eigenvalue weighted by atomic mass is 35.5. The molecule has 4 atom stereocenters. The molecule has 2 saturated carbocycles. The van der Waals surface area contributed by atoms with Crippen LogP contribution in [0.5, 0.6) is 0 Å². The maximum atomic E-state index is 10.00. The van der Waals surface area contributed by atoms with Crippen molar-refractivity contribution in [2.45, 2.75) is 72.1 Å². The Bertz CT molecular complexity index is 317. The molecular weight excluding hydrogens is 274 g/mol. The van der Waals surface area contributed by atoms with Crippen LogP contribution in [0.15, 0.2) is 0 Å². The van der Waals surface area contributed by atoms with Crippen LogP contribution in [0.25, 0.3) is 0 Å². The largest absolute Gasteiger partial charge is 0.389 e. The van der Waals surface area contributed by atoms with E-state index in [1.807, 2.05) is 0 Å². The Kier molecular flexibility index (Phi) is 5.93. The van der Waals surface area contributed by atoms with Gasteiger partial charge in [-0.1, -0.05) is 34.6 Å². The van der Waals surface area contributed by atoms with Crippen LogP contribution in [0.3, 0.4) is 0 Å². The van der Waals surface area contributed by atoms with Gasteiger partial charge in [0.05, 0.1) is 18.8 Å². The molecule has 4 unspecified atom stereocenters. The highest BCUT2D eigenvalue weighted by Crippen LogP contribution is 2.63. The molecule has 0 saturated heterocycles. The predicted molar refractivity (Wildman–Crippen MR) is 85.4 cm³/mol. The average molecular weight is 306 g/mol. The van der Waals surface area contributed by atoms with Crippen molar-refractivity contribution in [3.05, 3.63) is 0 Å². The maximum Gasteiger partial charge on any atom is 0.0897 e. The standard InChI is InChI=1S/C16H31NO2.ClH/c1-11(2)17-9-13(18)10-19-14-15(3,4)12-6-7-16(14,5)8-12;/h11-14,17-18H,6-10H2,1-5H3;1H. The third kappa shape index (κ3) is 3.49. The van der Waals surface area contributed by atoms with E-state index in [0.717, 1.165) is 5.92 Å². The minimum absolute atomic E-state index is 0. The van der Waals surface area contributed by atoms with Gasteiger partial charge in [-0.25, -0.2) is 0 Å². The van der Waals surface area contributed by atoms with E-state index in [-0.39, 0.29) is 17.8 Å². The summed E-state index contributed by atoms with van der Waals surface area (Å²) < 4.78 is 6.16. The molecule has 0 aromatic carbocycles. The number of hydrogen-bond donors (Lipinski definition) is 2. The zero-order chi connectivity index (χ0) is 14.3. The lowest BCUT2D eigenvalue weighted by atomic mass is 9.70. The molecule has 4 heteroatoms. The van der Waals surface area contributed by atoms with E-state index in [0.29, 0.717) is 30.7 Å². The monoisotopic (exact) mass is 305 g/mol. The Hall–Kier alpha value is 0.170. The van der Waals surface area contributed by atoms with Crippen molar-refractivity contribution < 1.29 is 9.84 Å². The van der Waals surface area contributed by atoms with Gasteiger partial charge >= 0.3 is 0 Å². The molecule has 0 aromatic rings. The van der Waals surface area contributed by atoms with Gasteiger partial charge in [0.25, 0.3) is 0 Å². The Balaban J connectivity index is 0.00000200. The number of fused-ring (bicyclic) bond motifs is 2. The number of nitrogens with one attached hydrogen (secondary N) is 1. The van der Waals surface area contributed by atoms with Crippen molar-refractivity contribution in [3.8, 4) is 0 Å². The fourth-order valence-corrected chi connectivity index (χ4v) is 4.31. The first-order valence-corrected chi connectivity index (χ1v) is 7.79. The van der Waals surface area contributed by atoms with Crippen molar-refractivity contribution in [3.63, 3.8) is 0 Å². The average Bonchev–Trinajstić information content (AvgIpc) is 2.77. The molecule has 2 bridgehead atoms. The summed E-state index contributed by atoms with van der Waals surface area (Å²) >= 11 is 0. The van der Waals surface area contributed by atoms with Crippen LogP contribution in [0.4, 0.5) is 0 Å². The molecule has 0 amide bonds. The normalized spacial score (nSPS) is 36.1. The SMILES string of the molecule is CC(C)NCC(O)COC1C2(C)CCC(C2)C1(C)C.Cl. The lowest BCUT2D eigenvalue weighted by molar-refractivity contribution is -0.110. The van der Waals surface area contributed by atoms with Crippen molar-refractivity contribution in [1.29, 1.82) is 0 Å². The number of aliphatic hydroxyl groups is 1. The molecule has 0 aliphatic heterocycles. The summed E-state index contributed by atoms with van der Waals surface area (Å²) in [6, 6.07) is 0.408. The van der Waals surface area contributed by atoms with Gasteiger partial charge in [-0.2, -0.15) is 0 Å². The topological polar surface area (TPSA) is 41.5 Å². The lowest BCUT2D eigenvalue weighted by Gasteiger charge is -2.42. The van der Waals surface area contributed by atoms with Crippen LogP contribution < -0.4 is 5.32 Å². The van der Waals surface area contributed by atoms with Crippen LogP contribution in [0, 0.1) is 16.7 Å². The number of aliphatic hydroxyl groups excluding tert-OH is 1. The number of halogens is 1. The summed E-state index contributed by atoms with van der Waals surface area (Å²) in [5, 5.41) is 13.3. The van der Waals surface area contributed by atoms with Crippen molar-refractivity contribution in [1.82, 2.24) is 5.32 Å². The molecule has 0 radical (unpaired) electrons. The second-order valence-corrected chi connectivity index (χ2v) is 7.85. The summed E-state index contributed by atoms with van der Waals surface area (Å²) in [6.07, 6.45) is 3.83. The van der Waals surface area contributed by atoms with Crippen LogP contribution >= 0.6 is 12.4 Å². The second kappa shape index (κ2) is 6.51. The minimum atomic E-state index is -0.402. The summed E-state index contributed by atoms with van der Waals surface area (Å²) in [6.45, 7) is 12.3. The van der Waals surface area contributed by atoms with Gasteiger partial charge in [-0.05, 0) is 36.0 Å². The fraction of sp³-hybridized carbons (Fsp3) is 1.00. The van der Waals surface area contributed by atoms with E-state index >= 15 is 0 Å². The van der Waals surface area contributed by atoms with E-state index < -0.39 is 6.10 Å². The highest BCUT2D eigenvalue weighted by molar-refractivity contribution is 5.85. The third-order valence-corrected chi connectivity index (χ3v) is 5.35. The summed E-state index contributed by atoms with van der Waals surface area (Å²) in [5.74, 6) is 0.799. The number of rotatable bonds is 6. The second-order valence-electron chi connectivity index (χ2n) is 7.85. The van der Waals surface area contributed by atoms with E-state index in [1.165, 1.54) is 19.3 Å². The number of ether oxygens (including phenoxy) is 1. The zero-order valence-electron chi connectivity index (χ0n) is 13.6. The Morgan fingerprint density at radius 1 is 1.30 bits per heavy atom. The quantitative estimate of drug-likeness (QED) is 0.792. The highest BCUT2D eigenvalue weighted by Gasteiger charge is 2.60. The molecule has 0 aromatic heterocycles. The van der Waals surface area contributed by atoms with Crippen LogP contribution in [-0.2, 0) is 4.74 Å². The first-order chi connectivity index (χ1) is 8.75. The van der Waals surface area contributed by atoms with Crippen LogP contribution in [0.1, 0.15) is 53.9 Å². The Morgan fingerprint density at radius 3 is 2.45 bits per heavy atom. The third-order valence-electron chi connectivity index (χ3n) is 5.35. The fourth-order valence-electron chi connectivity index (χ4n) is 4.31. The Morgan fingerprint density at radius 2 is 1.95 bits per heavy atom. The van der Waals surface area contributed by atoms with Gasteiger partial charge in [0.15, 0.2) is 0 Å². The van der Waals surface area contributed by atoms with Crippen LogP contribution in [-0.4, -0.2) is 36.5 Å². The summed E-state index contributed by atoms with van der Waals surface area (Å²) in [7, 11) is 0. The molecule has 120 valence electrons. The molecule has 2 fully saturated rings. The van der Waals surface area contributed by atoms with E-state index in [2.05, 4.69) is 39.9 Å². The van der Waals surface area contributed by atoms with Gasteiger partial charge in [-0.15, -0.1) is 12.4 Å². The molecule has 2 aliphatic carbocycles. The molecule has 2 rings (SSSR count).